The smallest absolute Gasteiger partial charge is 0.380 e. The molecule has 1 N–H and O–H groups in total. The summed E-state index contributed by atoms with van der Waals surface area (Å²) in [5, 5.41) is 23.7. The Bertz CT molecular complexity index is 509. The molecule has 1 saturated heterocycles. The molecule has 2 rings (SSSR count). The van der Waals surface area contributed by atoms with Gasteiger partial charge >= 0.3 is 12.0 Å². The van der Waals surface area contributed by atoms with Crippen molar-refractivity contribution in [3.05, 3.63) is 22.4 Å². The molecule has 10 heteroatoms. The minimum atomic E-state index is -4.61. The van der Waals surface area contributed by atoms with E-state index in [0.717, 1.165) is 0 Å². The van der Waals surface area contributed by atoms with Gasteiger partial charge in [-0.1, -0.05) is 0 Å². The van der Waals surface area contributed by atoms with E-state index in [1.165, 1.54) is 16.9 Å². The Labute approximate surface area is 118 Å². The number of aromatic nitrogens is 2. The summed E-state index contributed by atoms with van der Waals surface area (Å²) in [4.78, 5) is 11.6. The van der Waals surface area contributed by atoms with Gasteiger partial charge in [-0.3, -0.25) is 0 Å². The zero-order valence-electron chi connectivity index (χ0n) is 11.1. The van der Waals surface area contributed by atoms with Gasteiger partial charge in [0.15, 0.2) is 5.60 Å². The topological polar surface area (TPSA) is 84.4 Å². The van der Waals surface area contributed by atoms with Gasteiger partial charge in [-0.25, -0.2) is 0 Å². The van der Waals surface area contributed by atoms with E-state index in [-0.39, 0.29) is 31.7 Å². The zero-order chi connectivity index (χ0) is 15.7. The number of hydrogen-bond donors (Lipinski definition) is 1. The zero-order valence-corrected chi connectivity index (χ0v) is 11.1. The van der Waals surface area contributed by atoms with Crippen LogP contribution >= 0.6 is 0 Å². The maximum Gasteiger partial charge on any atom is 0.417 e. The number of piperidine rings is 1. The number of aliphatic hydroxyl groups is 1. The average Bonchev–Trinajstić information content (AvgIpc) is 2.86. The predicted octanol–water partition coefficient (Wildman–Crippen LogP) is 1.18. The van der Waals surface area contributed by atoms with Crippen molar-refractivity contribution in [1.29, 1.82) is 0 Å². The van der Waals surface area contributed by atoms with E-state index in [1.54, 1.807) is 4.90 Å². The van der Waals surface area contributed by atoms with Crippen LogP contribution in [-0.2, 0) is 6.54 Å². The van der Waals surface area contributed by atoms with Crippen LogP contribution in [0.2, 0.25) is 0 Å². The van der Waals surface area contributed by atoms with E-state index < -0.39 is 16.7 Å². The fourth-order valence-electron chi connectivity index (χ4n) is 2.25. The SMILES string of the molecule is O=[N+]([O-])c1ccn(CCN2CCC(O)(C(F)(F)F)CC2)n1. The molecule has 118 valence electrons. The average molecular weight is 308 g/mol. The maximum atomic E-state index is 12.6. The monoisotopic (exact) mass is 308 g/mol. The maximum absolute atomic E-state index is 12.6. The van der Waals surface area contributed by atoms with E-state index in [4.69, 9.17) is 0 Å². The number of nitrogens with zero attached hydrogens (tertiary/aromatic N) is 4. The van der Waals surface area contributed by atoms with E-state index in [2.05, 4.69) is 5.10 Å². The largest absolute Gasteiger partial charge is 0.417 e. The van der Waals surface area contributed by atoms with Gasteiger partial charge < -0.3 is 20.1 Å². The highest BCUT2D eigenvalue weighted by Crippen LogP contribution is 2.38. The Morgan fingerprint density at radius 1 is 1.38 bits per heavy atom. The lowest BCUT2D eigenvalue weighted by Gasteiger charge is -2.38. The molecule has 1 fully saturated rings. The van der Waals surface area contributed by atoms with Crippen LogP contribution in [-0.4, -0.2) is 56.1 Å². The second kappa shape index (κ2) is 5.60. The minimum Gasteiger partial charge on any atom is -0.380 e. The van der Waals surface area contributed by atoms with Crippen molar-refractivity contribution in [2.45, 2.75) is 31.2 Å². The van der Waals surface area contributed by atoms with Crippen molar-refractivity contribution in [2.75, 3.05) is 19.6 Å². The van der Waals surface area contributed by atoms with E-state index in [9.17, 15) is 28.4 Å². The van der Waals surface area contributed by atoms with Crippen LogP contribution in [0.15, 0.2) is 12.3 Å². The molecule has 0 aromatic carbocycles. The highest BCUT2D eigenvalue weighted by molar-refractivity contribution is 5.13. The van der Waals surface area contributed by atoms with Gasteiger partial charge in [0.2, 0.25) is 0 Å². The molecule has 0 amide bonds. The molecule has 0 saturated carbocycles. The lowest BCUT2D eigenvalue weighted by Crippen LogP contribution is -2.53. The molecule has 21 heavy (non-hydrogen) atoms. The number of halogens is 3. The second-order valence-corrected chi connectivity index (χ2v) is 5.07. The molecular formula is C11H15F3N4O3. The van der Waals surface area contributed by atoms with Gasteiger partial charge in [0.1, 0.15) is 0 Å². The number of nitro groups is 1. The molecule has 2 heterocycles. The number of likely N-dealkylation sites (tertiary alicyclic amines) is 1. The van der Waals surface area contributed by atoms with E-state index >= 15 is 0 Å². The van der Waals surface area contributed by atoms with Crippen LogP contribution in [0.5, 0.6) is 0 Å². The van der Waals surface area contributed by atoms with Gasteiger partial charge in [0.05, 0.1) is 23.9 Å². The van der Waals surface area contributed by atoms with E-state index in [1.807, 2.05) is 0 Å². The summed E-state index contributed by atoms with van der Waals surface area (Å²) in [6.07, 6.45) is -3.89. The third kappa shape index (κ3) is 3.50. The molecule has 1 aromatic heterocycles. The van der Waals surface area contributed by atoms with Crippen molar-refractivity contribution < 1.29 is 23.2 Å². The number of rotatable bonds is 4. The third-order valence-electron chi connectivity index (χ3n) is 3.67. The minimum absolute atomic E-state index is 0.124. The number of alkyl halides is 3. The van der Waals surface area contributed by atoms with Crippen LogP contribution in [0.3, 0.4) is 0 Å². The Hall–Kier alpha value is -1.68. The van der Waals surface area contributed by atoms with Crippen molar-refractivity contribution in [2.24, 2.45) is 0 Å². The van der Waals surface area contributed by atoms with Crippen molar-refractivity contribution in [1.82, 2.24) is 14.7 Å². The highest BCUT2D eigenvalue weighted by Gasteiger charge is 2.54. The van der Waals surface area contributed by atoms with Crippen molar-refractivity contribution >= 4 is 5.82 Å². The summed E-state index contributed by atoms with van der Waals surface area (Å²) in [7, 11) is 0. The molecule has 1 aliphatic rings. The highest BCUT2D eigenvalue weighted by atomic mass is 19.4. The lowest BCUT2D eigenvalue weighted by molar-refractivity contribution is -0.389. The van der Waals surface area contributed by atoms with Crippen LogP contribution in [0, 0.1) is 10.1 Å². The standard InChI is InChI=1S/C11H15F3N4O3/c12-11(13,14)10(19)2-5-16(6-3-10)7-8-17-4-1-9(15-17)18(20)21/h1,4,19H,2-3,5-8H2. The van der Waals surface area contributed by atoms with Crippen molar-refractivity contribution in [3.8, 4) is 0 Å². The molecular weight excluding hydrogens is 293 g/mol. The fraction of sp³-hybridized carbons (Fsp3) is 0.727. The molecule has 0 radical (unpaired) electrons. The summed E-state index contributed by atoms with van der Waals surface area (Å²) in [6.45, 7) is 1.02. The van der Waals surface area contributed by atoms with Gasteiger partial charge in [0, 0.05) is 19.6 Å². The van der Waals surface area contributed by atoms with Crippen LogP contribution < -0.4 is 0 Å². The third-order valence-corrected chi connectivity index (χ3v) is 3.67. The summed E-state index contributed by atoms with van der Waals surface area (Å²) >= 11 is 0. The molecule has 0 bridgehead atoms. The van der Waals surface area contributed by atoms with Crippen molar-refractivity contribution in [3.63, 3.8) is 0 Å². The van der Waals surface area contributed by atoms with E-state index in [0.29, 0.717) is 13.1 Å². The molecule has 0 aliphatic carbocycles. The molecule has 0 spiro atoms. The molecule has 0 unspecified atom stereocenters. The van der Waals surface area contributed by atoms with Gasteiger partial charge in [0.25, 0.3) is 0 Å². The Morgan fingerprint density at radius 3 is 2.48 bits per heavy atom. The van der Waals surface area contributed by atoms with Crippen LogP contribution in [0.1, 0.15) is 12.8 Å². The Kier molecular flexibility index (Phi) is 4.19. The Balaban J connectivity index is 1.82. The Morgan fingerprint density at radius 2 is 2.00 bits per heavy atom. The number of hydrogen-bond acceptors (Lipinski definition) is 5. The van der Waals surface area contributed by atoms with Gasteiger partial charge in [-0.15, -0.1) is 0 Å². The molecule has 1 aliphatic heterocycles. The predicted molar refractivity (Wildman–Crippen MR) is 65.6 cm³/mol. The normalized spacial score (nSPS) is 19.6. The second-order valence-electron chi connectivity index (χ2n) is 5.07. The first-order valence-corrected chi connectivity index (χ1v) is 6.41. The molecule has 0 atom stereocenters. The van der Waals surface area contributed by atoms with Crippen LogP contribution in [0.4, 0.5) is 19.0 Å². The first-order valence-electron chi connectivity index (χ1n) is 6.41. The van der Waals surface area contributed by atoms with Crippen LogP contribution in [0.25, 0.3) is 0 Å². The molecule has 1 aromatic rings. The lowest BCUT2D eigenvalue weighted by atomic mass is 9.91. The fourth-order valence-corrected chi connectivity index (χ4v) is 2.25. The summed E-state index contributed by atoms with van der Waals surface area (Å²) in [6, 6.07) is 1.26. The summed E-state index contributed by atoms with van der Waals surface area (Å²) in [5.41, 5.74) is -2.60. The van der Waals surface area contributed by atoms with Gasteiger partial charge in [-0.2, -0.15) is 17.9 Å². The first-order chi connectivity index (χ1) is 9.71. The van der Waals surface area contributed by atoms with Gasteiger partial charge in [-0.05, 0) is 17.8 Å². The summed E-state index contributed by atoms with van der Waals surface area (Å²) in [5.74, 6) is -0.264. The first kappa shape index (κ1) is 15.7. The quantitative estimate of drug-likeness (QED) is 0.667. The molecule has 7 nitrogen and oxygen atoms in total. The summed E-state index contributed by atoms with van der Waals surface area (Å²) < 4.78 is 39.3.